The van der Waals surface area contributed by atoms with Crippen LogP contribution < -0.4 is 0 Å². The summed E-state index contributed by atoms with van der Waals surface area (Å²) in [6.45, 7) is 4.03. The third-order valence-electron chi connectivity index (χ3n) is 1.91. The van der Waals surface area contributed by atoms with Crippen LogP contribution in [0.2, 0.25) is 0 Å². The van der Waals surface area contributed by atoms with E-state index in [0.717, 1.165) is 23.3 Å². The Morgan fingerprint density at radius 3 is 3.08 bits per heavy atom. The second-order valence-corrected chi connectivity index (χ2v) is 2.70. The molecule has 0 aromatic carbocycles. The fourth-order valence-electron chi connectivity index (χ4n) is 1.32. The van der Waals surface area contributed by atoms with Gasteiger partial charge in [0.1, 0.15) is 5.52 Å². The van der Waals surface area contributed by atoms with Crippen molar-refractivity contribution in [2.45, 2.75) is 20.3 Å². The first-order valence-corrected chi connectivity index (χ1v) is 3.98. The van der Waals surface area contributed by atoms with Crippen molar-refractivity contribution in [1.29, 1.82) is 0 Å². The van der Waals surface area contributed by atoms with Gasteiger partial charge in [0.05, 0.1) is 11.4 Å². The first kappa shape index (κ1) is 7.21. The van der Waals surface area contributed by atoms with Crippen molar-refractivity contribution >= 4 is 5.52 Å². The second kappa shape index (κ2) is 2.55. The van der Waals surface area contributed by atoms with Crippen molar-refractivity contribution < 1.29 is 0 Å². The summed E-state index contributed by atoms with van der Waals surface area (Å²) < 4.78 is 1.77. The maximum atomic E-state index is 4.26. The van der Waals surface area contributed by atoms with Gasteiger partial charge in [-0.05, 0) is 13.3 Å². The molecule has 0 N–H and O–H groups in total. The minimum absolute atomic E-state index is 0.915. The molecule has 0 saturated heterocycles. The van der Waals surface area contributed by atoms with Crippen LogP contribution in [0.15, 0.2) is 12.4 Å². The van der Waals surface area contributed by atoms with Gasteiger partial charge in [-0.25, -0.2) is 4.52 Å². The summed E-state index contributed by atoms with van der Waals surface area (Å²) in [5, 5.41) is 7.93. The molecule has 2 aromatic heterocycles. The molecule has 2 rings (SSSR count). The van der Waals surface area contributed by atoms with Crippen LogP contribution >= 0.6 is 0 Å². The maximum absolute atomic E-state index is 4.26. The predicted octanol–water partition coefficient (Wildman–Crippen LogP) is 0.995. The summed E-state index contributed by atoms with van der Waals surface area (Å²) in [5.74, 6) is 0. The monoisotopic (exact) mass is 162 g/mol. The number of aryl methyl sites for hydroxylation is 2. The lowest BCUT2D eigenvalue weighted by Crippen LogP contribution is -1.94. The fourth-order valence-corrected chi connectivity index (χ4v) is 1.32. The third-order valence-corrected chi connectivity index (χ3v) is 1.91. The van der Waals surface area contributed by atoms with Gasteiger partial charge in [-0.3, -0.25) is 4.98 Å². The topological polar surface area (TPSA) is 43.1 Å². The van der Waals surface area contributed by atoms with E-state index in [-0.39, 0.29) is 0 Å². The summed E-state index contributed by atoms with van der Waals surface area (Å²) in [5.41, 5.74) is 3.04. The van der Waals surface area contributed by atoms with E-state index in [0.29, 0.717) is 0 Å². The standard InChI is InChI=1S/C8H10N4/c1-3-7-8-6(2)10-11-12(8)5-4-9-7/h4-5H,3H2,1-2H3. The van der Waals surface area contributed by atoms with E-state index in [9.17, 15) is 0 Å². The Kier molecular flexibility index (Phi) is 1.53. The van der Waals surface area contributed by atoms with Crippen molar-refractivity contribution in [2.75, 3.05) is 0 Å². The Balaban J connectivity index is 2.84. The van der Waals surface area contributed by atoms with Gasteiger partial charge < -0.3 is 0 Å². The normalized spacial score (nSPS) is 10.8. The van der Waals surface area contributed by atoms with Gasteiger partial charge in [-0.15, -0.1) is 5.10 Å². The molecule has 12 heavy (non-hydrogen) atoms. The van der Waals surface area contributed by atoms with Gasteiger partial charge in [-0.1, -0.05) is 12.1 Å². The third kappa shape index (κ3) is 0.879. The quantitative estimate of drug-likeness (QED) is 0.628. The van der Waals surface area contributed by atoms with Crippen LogP contribution in [-0.4, -0.2) is 19.8 Å². The lowest BCUT2D eigenvalue weighted by Gasteiger charge is -1.97. The molecular formula is C8H10N4. The van der Waals surface area contributed by atoms with Crippen LogP contribution in [0.25, 0.3) is 5.52 Å². The summed E-state index contributed by atoms with van der Waals surface area (Å²) >= 11 is 0. The summed E-state index contributed by atoms with van der Waals surface area (Å²) in [6, 6.07) is 0. The lowest BCUT2D eigenvalue weighted by atomic mass is 10.2. The Bertz CT molecular complexity index is 404. The molecule has 62 valence electrons. The van der Waals surface area contributed by atoms with Gasteiger partial charge >= 0.3 is 0 Å². The minimum Gasteiger partial charge on any atom is -0.257 e. The molecule has 0 fully saturated rings. The molecule has 2 aromatic rings. The fraction of sp³-hybridized carbons (Fsp3) is 0.375. The molecule has 0 amide bonds. The zero-order valence-electron chi connectivity index (χ0n) is 7.15. The molecular weight excluding hydrogens is 152 g/mol. The Morgan fingerprint density at radius 1 is 1.50 bits per heavy atom. The summed E-state index contributed by atoms with van der Waals surface area (Å²) in [7, 11) is 0. The Morgan fingerprint density at radius 2 is 2.33 bits per heavy atom. The highest BCUT2D eigenvalue weighted by atomic mass is 15.4. The molecule has 0 radical (unpaired) electrons. The van der Waals surface area contributed by atoms with E-state index < -0.39 is 0 Å². The molecule has 4 heteroatoms. The first-order valence-electron chi connectivity index (χ1n) is 3.98. The van der Waals surface area contributed by atoms with E-state index in [2.05, 4.69) is 22.2 Å². The van der Waals surface area contributed by atoms with Crippen LogP contribution in [0, 0.1) is 6.92 Å². The van der Waals surface area contributed by atoms with E-state index >= 15 is 0 Å². The Hall–Kier alpha value is -1.45. The van der Waals surface area contributed by atoms with Crippen LogP contribution in [0.1, 0.15) is 18.3 Å². The molecule has 0 saturated carbocycles. The minimum atomic E-state index is 0.915. The van der Waals surface area contributed by atoms with Gasteiger partial charge in [0.25, 0.3) is 0 Å². The van der Waals surface area contributed by atoms with Crippen molar-refractivity contribution in [3.8, 4) is 0 Å². The molecule has 0 spiro atoms. The van der Waals surface area contributed by atoms with Crippen molar-refractivity contribution in [2.24, 2.45) is 0 Å². The van der Waals surface area contributed by atoms with Crippen molar-refractivity contribution in [3.05, 3.63) is 23.8 Å². The van der Waals surface area contributed by atoms with Crippen LogP contribution in [0.4, 0.5) is 0 Å². The highest BCUT2D eigenvalue weighted by molar-refractivity contribution is 5.54. The van der Waals surface area contributed by atoms with Crippen LogP contribution in [0.5, 0.6) is 0 Å². The van der Waals surface area contributed by atoms with Gasteiger partial charge in [-0.2, -0.15) is 0 Å². The average molecular weight is 162 g/mol. The van der Waals surface area contributed by atoms with Gasteiger partial charge in [0, 0.05) is 12.4 Å². The second-order valence-electron chi connectivity index (χ2n) is 2.70. The van der Waals surface area contributed by atoms with Crippen LogP contribution in [-0.2, 0) is 6.42 Å². The van der Waals surface area contributed by atoms with E-state index in [4.69, 9.17) is 0 Å². The maximum Gasteiger partial charge on any atom is 0.111 e. The zero-order chi connectivity index (χ0) is 8.55. The van der Waals surface area contributed by atoms with E-state index in [1.165, 1.54) is 0 Å². The highest BCUT2D eigenvalue weighted by Crippen LogP contribution is 2.10. The van der Waals surface area contributed by atoms with Crippen molar-refractivity contribution in [1.82, 2.24) is 19.8 Å². The largest absolute Gasteiger partial charge is 0.257 e. The summed E-state index contributed by atoms with van der Waals surface area (Å²) in [4.78, 5) is 4.26. The lowest BCUT2D eigenvalue weighted by molar-refractivity contribution is 0.835. The predicted molar refractivity (Wildman–Crippen MR) is 44.9 cm³/mol. The molecule has 0 bridgehead atoms. The van der Waals surface area contributed by atoms with E-state index in [1.807, 2.05) is 13.1 Å². The molecule has 0 aliphatic heterocycles. The van der Waals surface area contributed by atoms with E-state index in [1.54, 1.807) is 10.7 Å². The molecule has 0 aliphatic rings. The molecule has 4 nitrogen and oxygen atoms in total. The molecule has 0 unspecified atom stereocenters. The average Bonchev–Trinajstić information content (AvgIpc) is 2.48. The number of hydrogen-bond acceptors (Lipinski definition) is 3. The smallest absolute Gasteiger partial charge is 0.111 e. The highest BCUT2D eigenvalue weighted by Gasteiger charge is 2.05. The van der Waals surface area contributed by atoms with Crippen molar-refractivity contribution in [3.63, 3.8) is 0 Å². The van der Waals surface area contributed by atoms with Gasteiger partial charge in [0.2, 0.25) is 0 Å². The first-order chi connectivity index (χ1) is 5.83. The number of rotatable bonds is 1. The van der Waals surface area contributed by atoms with Crippen LogP contribution in [0.3, 0.4) is 0 Å². The molecule has 0 aliphatic carbocycles. The SMILES string of the molecule is CCc1nccn2nnc(C)c12. The molecule has 2 heterocycles. The number of hydrogen-bond donors (Lipinski definition) is 0. The number of aromatic nitrogens is 4. The number of nitrogens with zero attached hydrogens (tertiary/aromatic N) is 4. The van der Waals surface area contributed by atoms with Gasteiger partial charge in [0.15, 0.2) is 0 Å². The number of fused-ring (bicyclic) bond motifs is 1. The Labute approximate surface area is 70.2 Å². The molecule has 0 atom stereocenters. The summed E-state index contributed by atoms with van der Waals surface area (Å²) in [6.07, 6.45) is 4.48. The zero-order valence-corrected chi connectivity index (χ0v) is 7.15.